The van der Waals surface area contributed by atoms with Gasteiger partial charge in [-0.25, -0.2) is 0 Å². The first kappa shape index (κ1) is 39.0. The lowest BCUT2D eigenvalue weighted by atomic mass is 9.75. The van der Waals surface area contributed by atoms with Crippen molar-refractivity contribution in [2.24, 2.45) is 16.4 Å². The van der Waals surface area contributed by atoms with E-state index < -0.39 is 0 Å². The van der Waals surface area contributed by atoms with Crippen LogP contribution in [0.15, 0.2) is 89.4 Å². The fourth-order valence-electron chi connectivity index (χ4n) is 7.40. The van der Waals surface area contributed by atoms with Crippen molar-refractivity contribution in [3.63, 3.8) is 0 Å². The monoisotopic (exact) mass is 684 g/mol. The van der Waals surface area contributed by atoms with Gasteiger partial charge in [0.05, 0.1) is 38.4 Å². The van der Waals surface area contributed by atoms with Gasteiger partial charge in [0.25, 0.3) is 0 Å². The summed E-state index contributed by atoms with van der Waals surface area (Å²) in [6.45, 7) is 13.5. The quantitative estimate of drug-likeness (QED) is 0.0304. The molecule has 9 heteroatoms. The first-order valence-corrected chi connectivity index (χ1v) is 18.4. The number of para-hydroxylation sites is 1. The molecule has 4 rings (SSSR count). The van der Waals surface area contributed by atoms with E-state index in [1.807, 2.05) is 0 Å². The Morgan fingerprint density at radius 2 is 1.68 bits per heavy atom. The number of hydrogen-bond donors (Lipinski definition) is 0. The van der Waals surface area contributed by atoms with Gasteiger partial charge in [-0.3, -0.25) is 4.79 Å². The maximum absolute atomic E-state index is 12.5. The summed E-state index contributed by atoms with van der Waals surface area (Å²) in [5.41, 5.74) is 15.0. The molecule has 0 amide bonds. The van der Waals surface area contributed by atoms with Crippen molar-refractivity contribution in [2.45, 2.75) is 78.1 Å². The lowest BCUT2D eigenvalue weighted by Gasteiger charge is -2.27. The second kappa shape index (κ2) is 19.6. The number of rotatable bonds is 22. The third-order valence-corrected chi connectivity index (χ3v) is 10.2. The second-order valence-corrected chi connectivity index (χ2v) is 14.3. The molecule has 0 aromatic heterocycles. The second-order valence-electron chi connectivity index (χ2n) is 14.3. The van der Waals surface area contributed by atoms with Crippen molar-refractivity contribution < 1.29 is 23.6 Å². The number of nitrogens with zero attached hydrogens (tertiary/aromatic N) is 5. The molecule has 9 nitrogen and oxygen atoms in total. The number of allylic oxidation sites excluding steroid dienone is 10. The van der Waals surface area contributed by atoms with E-state index in [4.69, 9.17) is 19.7 Å². The van der Waals surface area contributed by atoms with Crippen molar-refractivity contribution in [1.29, 1.82) is 0 Å². The number of Topliss-reactive ketones (excluding diaryl/α,β-unsaturated/α-hetero) is 1. The molecule has 0 bridgehead atoms. The van der Waals surface area contributed by atoms with Gasteiger partial charge in [0.2, 0.25) is 5.69 Å². The highest BCUT2D eigenvalue weighted by atomic mass is 16.5. The molecule has 1 aromatic carbocycles. The molecular formula is C41H58N5O4+. The standard InChI is InChI=1S/C41H58N5O4/c1-40(2)34-19-11-13-21-36(34)45(5)38(40)23-9-6-10-24-39-41(3,4)35-20-12-14-22-37(35)46(39)26-15-7-8-17-33(47)18-16-27-48-29-31-50-32-30-49-28-25-43-44-42/h6,9-14,19,21-24,35H,7-8,15-18,20,25-32H2,1-5H3/q+1. The van der Waals surface area contributed by atoms with Crippen molar-refractivity contribution in [3.05, 3.63) is 100 Å². The van der Waals surface area contributed by atoms with Gasteiger partial charge in [0.1, 0.15) is 12.8 Å². The van der Waals surface area contributed by atoms with Crippen molar-refractivity contribution in [2.75, 3.05) is 59.8 Å². The summed E-state index contributed by atoms with van der Waals surface area (Å²) in [6.07, 6.45) is 23.9. The fraction of sp³-hybridized carbons (Fsp3) is 0.561. The van der Waals surface area contributed by atoms with E-state index in [2.05, 4.69) is 127 Å². The van der Waals surface area contributed by atoms with E-state index in [0.29, 0.717) is 70.7 Å². The van der Waals surface area contributed by atoms with Gasteiger partial charge in [-0.2, -0.15) is 4.58 Å². The molecule has 0 saturated carbocycles. The van der Waals surface area contributed by atoms with Crippen LogP contribution in [0, 0.1) is 11.3 Å². The molecule has 270 valence electrons. The first-order valence-electron chi connectivity index (χ1n) is 18.4. The minimum absolute atomic E-state index is 0.0306. The summed E-state index contributed by atoms with van der Waals surface area (Å²) in [5, 5.41) is 3.41. The average Bonchev–Trinajstić information content (AvgIpc) is 3.44. The average molecular weight is 685 g/mol. The van der Waals surface area contributed by atoms with Crippen LogP contribution in [0.2, 0.25) is 0 Å². The van der Waals surface area contributed by atoms with Gasteiger partial charge in [-0.05, 0) is 57.2 Å². The van der Waals surface area contributed by atoms with Crippen LogP contribution in [-0.4, -0.2) is 80.7 Å². The van der Waals surface area contributed by atoms with Gasteiger partial charge < -0.3 is 19.1 Å². The van der Waals surface area contributed by atoms with Gasteiger partial charge >= 0.3 is 0 Å². The van der Waals surface area contributed by atoms with E-state index in [9.17, 15) is 4.79 Å². The Labute approximate surface area is 299 Å². The fourth-order valence-corrected chi connectivity index (χ4v) is 7.40. The topological polar surface area (TPSA) is 99.8 Å². The number of azide groups is 1. The molecule has 2 heterocycles. The lowest BCUT2D eigenvalue weighted by Crippen LogP contribution is -2.26. The zero-order valence-corrected chi connectivity index (χ0v) is 31.0. The van der Waals surface area contributed by atoms with Crippen LogP contribution in [0.5, 0.6) is 0 Å². The minimum atomic E-state index is -0.0306. The molecule has 0 spiro atoms. The van der Waals surface area contributed by atoms with E-state index >= 15 is 0 Å². The summed E-state index contributed by atoms with van der Waals surface area (Å²) in [5.74, 6) is 0.800. The maximum Gasteiger partial charge on any atom is 0.209 e. The van der Waals surface area contributed by atoms with Gasteiger partial charge in [0.15, 0.2) is 5.71 Å². The van der Waals surface area contributed by atoms with Crippen LogP contribution in [0.25, 0.3) is 10.4 Å². The number of benzene rings is 1. The van der Waals surface area contributed by atoms with Crippen LogP contribution in [0.4, 0.5) is 5.69 Å². The molecule has 1 fully saturated rings. The summed E-state index contributed by atoms with van der Waals surface area (Å²) < 4.78 is 18.6. The molecule has 3 aliphatic rings. The third kappa shape index (κ3) is 10.4. The molecule has 1 saturated heterocycles. The molecule has 1 aromatic rings. The molecule has 0 radical (unpaired) electrons. The predicted molar refractivity (Wildman–Crippen MR) is 202 cm³/mol. The Morgan fingerprint density at radius 1 is 0.960 bits per heavy atom. The van der Waals surface area contributed by atoms with Crippen LogP contribution >= 0.6 is 0 Å². The van der Waals surface area contributed by atoms with Gasteiger partial charge in [-0.15, -0.1) is 0 Å². The molecule has 1 aliphatic carbocycles. The van der Waals surface area contributed by atoms with E-state index in [0.717, 1.165) is 38.6 Å². The molecule has 2 aliphatic heterocycles. The van der Waals surface area contributed by atoms with Crippen molar-refractivity contribution >= 4 is 17.2 Å². The molecule has 1 unspecified atom stereocenters. The zero-order valence-electron chi connectivity index (χ0n) is 31.0. The first-order chi connectivity index (χ1) is 24.2. The summed E-state index contributed by atoms with van der Waals surface area (Å²) in [7, 11) is 2.16. The third-order valence-electron chi connectivity index (χ3n) is 10.2. The van der Waals surface area contributed by atoms with E-state index in [-0.39, 0.29) is 10.8 Å². The molecule has 50 heavy (non-hydrogen) atoms. The Morgan fingerprint density at radius 3 is 2.44 bits per heavy atom. The smallest absolute Gasteiger partial charge is 0.209 e. The number of hydrogen-bond acceptors (Lipinski definition) is 6. The van der Waals surface area contributed by atoms with Crippen LogP contribution in [0.1, 0.15) is 78.2 Å². The van der Waals surface area contributed by atoms with Gasteiger partial charge in [-0.1, -0.05) is 74.0 Å². The Bertz CT molecular complexity index is 1530. The SMILES string of the molecule is C[N+]1=C(C=CC=CC=C2N(CCCCCC(=O)CCCOCCOCCOCCN=[N+]=[N-])C3=CC=CCC3C2(C)C)C(C)(C)c2ccccc21. The normalized spacial score (nSPS) is 19.8. The number of likely N-dealkylation sites (tertiary alicyclic amines) is 1. The largest absolute Gasteiger partial charge is 0.379 e. The maximum atomic E-state index is 12.5. The van der Waals surface area contributed by atoms with E-state index in [1.54, 1.807) is 0 Å². The summed E-state index contributed by atoms with van der Waals surface area (Å²) in [6, 6.07) is 8.68. The number of ketones is 1. The zero-order chi connectivity index (χ0) is 35.8. The minimum Gasteiger partial charge on any atom is -0.379 e. The lowest BCUT2D eigenvalue weighted by molar-refractivity contribution is -0.401. The molecule has 0 N–H and O–H groups in total. The number of carbonyl (C=O) groups is 1. The number of carbonyl (C=O) groups excluding carboxylic acids is 1. The Balaban J connectivity index is 1.17. The Hall–Kier alpha value is -3.75. The van der Waals surface area contributed by atoms with Gasteiger partial charge in [0, 0.05) is 77.9 Å². The molecular weight excluding hydrogens is 626 g/mol. The number of fused-ring (bicyclic) bond motifs is 2. The van der Waals surface area contributed by atoms with Crippen LogP contribution in [0.3, 0.4) is 0 Å². The highest BCUT2D eigenvalue weighted by Crippen LogP contribution is 2.53. The van der Waals surface area contributed by atoms with Crippen LogP contribution < -0.4 is 0 Å². The summed E-state index contributed by atoms with van der Waals surface area (Å²) >= 11 is 0. The number of unbranched alkanes of at least 4 members (excludes halogenated alkanes) is 2. The Kier molecular flexibility index (Phi) is 15.3. The predicted octanol–water partition coefficient (Wildman–Crippen LogP) is 8.76. The highest BCUT2D eigenvalue weighted by molar-refractivity contribution is 6.03. The van der Waals surface area contributed by atoms with Crippen LogP contribution in [-0.2, 0) is 24.4 Å². The van der Waals surface area contributed by atoms with E-state index in [1.165, 1.54) is 28.4 Å². The summed E-state index contributed by atoms with van der Waals surface area (Å²) in [4.78, 5) is 17.7. The molecule has 1 atom stereocenters. The van der Waals surface area contributed by atoms with Crippen molar-refractivity contribution in [1.82, 2.24) is 4.90 Å². The highest BCUT2D eigenvalue weighted by Gasteiger charge is 2.46. The number of ether oxygens (including phenoxy) is 3. The van der Waals surface area contributed by atoms with Crippen molar-refractivity contribution in [3.8, 4) is 0 Å².